The molecule has 4 rings (SSSR count). The maximum Gasteiger partial charge on any atom is 0.229 e. The molecule has 0 aliphatic carbocycles. The third kappa shape index (κ3) is 3.65. The second-order valence-corrected chi connectivity index (χ2v) is 7.46. The van der Waals surface area contributed by atoms with Gasteiger partial charge in [-0.1, -0.05) is 35.9 Å². The van der Waals surface area contributed by atoms with Crippen LogP contribution in [0.5, 0.6) is 0 Å². The molecule has 0 spiro atoms. The first-order valence-electron chi connectivity index (χ1n) is 9.33. The second kappa shape index (κ2) is 7.61. The summed E-state index contributed by atoms with van der Waals surface area (Å²) in [5.41, 5.74) is 2.53. The molecule has 2 heterocycles. The van der Waals surface area contributed by atoms with Gasteiger partial charge in [-0.05, 0) is 37.1 Å². The first kappa shape index (κ1) is 17.9. The van der Waals surface area contributed by atoms with Crippen LogP contribution in [0.2, 0.25) is 5.02 Å². The lowest BCUT2D eigenvalue weighted by Crippen LogP contribution is -2.29. The van der Waals surface area contributed by atoms with Crippen LogP contribution >= 0.6 is 11.6 Å². The Kier molecular flexibility index (Phi) is 5.03. The van der Waals surface area contributed by atoms with Gasteiger partial charge in [0.25, 0.3) is 0 Å². The molecule has 2 aliphatic rings. The number of benzene rings is 2. The normalized spacial score (nSPS) is 19.6. The van der Waals surface area contributed by atoms with Crippen LogP contribution < -0.4 is 15.1 Å². The third-order valence-corrected chi connectivity index (χ3v) is 5.57. The highest BCUT2D eigenvalue weighted by atomic mass is 35.5. The van der Waals surface area contributed by atoms with Crippen molar-refractivity contribution in [3.63, 3.8) is 0 Å². The van der Waals surface area contributed by atoms with Gasteiger partial charge < -0.3 is 15.1 Å². The first-order valence-corrected chi connectivity index (χ1v) is 9.71. The van der Waals surface area contributed by atoms with E-state index in [-0.39, 0.29) is 24.2 Å². The molecule has 2 saturated heterocycles. The Hall–Kier alpha value is -2.53. The number of hydrogen-bond acceptors (Lipinski definition) is 3. The Morgan fingerprint density at radius 1 is 1.00 bits per heavy atom. The summed E-state index contributed by atoms with van der Waals surface area (Å²) in [7, 11) is 0. The van der Waals surface area contributed by atoms with Crippen molar-refractivity contribution < 1.29 is 9.59 Å². The average Bonchev–Trinajstić information content (AvgIpc) is 3.33. The molecule has 2 aromatic rings. The van der Waals surface area contributed by atoms with E-state index >= 15 is 0 Å². The molecule has 2 aliphatic heterocycles. The monoisotopic (exact) mass is 383 g/mol. The number of hydrogen-bond donors (Lipinski definition) is 1. The van der Waals surface area contributed by atoms with Crippen molar-refractivity contribution in [1.82, 2.24) is 0 Å². The number of carbonyl (C=O) groups excluding carboxylic acids is 2. The molecule has 27 heavy (non-hydrogen) atoms. The highest BCUT2D eigenvalue weighted by molar-refractivity contribution is 6.33. The number of anilines is 3. The Labute approximate surface area is 163 Å². The van der Waals surface area contributed by atoms with E-state index in [1.54, 1.807) is 11.0 Å². The minimum atomic E-state index is -0.389. The lowest BCUT2D eigenvalue weighted by atomic mass is 10.1. The number of halogens is 1. The smallest absolute Gasteiger partial charge is 0.229 e. The molecule has 0 bridgehead atoms. The largest absolute Gasteiger partial charge is 0.370 e. The van der Waals surface area contributed by atoms with Crippen molar-refractivity contribution >= 4 is 40.5 Å². The summed E-state index contributed by atoms with van der Waals surface area (Å²) in [6.07, 6.45) is 2.54. The van der Waals surface area contributed by atoms with E-state index in [4.69, 9.17) is 11.6 Å². The van der Waals surface area contributed by atoms with Gasteiger partial charge in [0, 0.05) is 26.1 Å². The number of nitrogens with one attached hydrogen (secondary N) is 1. The third-order valence-electron chi connectivity index (χ3n) is 5.25. The summed E-state index contributed by atoms with van der Waals surface area (Å²) < 4.78 is 0. The van der Waals surface area contributed by atoms with Crippen LogP contribution in [-0.4, -0.2) is 31.4 Å². The van der Waals surface area contributed by atoms with Gasteiger partial charge in [-0.2, -0.15) is 0 Å². The Bertz CT molecular complexity index is 864. The Balaban J connectivity index is 1.49. The number of amides is 2. The molecule has 5 nitrogen and oxygen atoms in total. The fourth-order valence-electron chi connectivity index (χ4n) is 3.83. The van der Waals surface area contributed by atoms with Crippen LogP contribution in [0.25, 0.3) is 0 Å². The van der Waals surface area contributed by atoms with Crippen molar-refractivity contribution in [1.29, 1.82) is 0 Å². The molecule has 6 heteroatoms. The molecular formula is C21H22ClN3O2. The Morgan fingerprint density at radius 3 is 2.41 bits per heavy atom. The van der Waals surface area contributed by atoms with Gasteiger partial charge in [0.05, 0.1) is 28.0 Å². The molecule has 0 radical (unpaired) electrons. The molecule has 2 fully saturated rings. The number of carbonyl (C=O) groups is 2. The van der Waals surface area contributed by atoms with E-state index in [2.05, 4.69) is 10.2 Å². The van der Waals surface area contributed by atoms with E-state index in [1.807, 2.05) is 42.5 Å². The zero-order valence-electron chi connectivity index (χ0n) is 15.0. The standard InChI is InChI=1S/C21H22ClN3O2/c22-16-7-1-3-9-18(16)25-14-15(13-20(25)26)21(27)23-17-8-2-4-10-19(17)24-11-5-6-12-24/h1-4,7-10,15H,5-6,11-14H2,(H,23,27)/t15-/m0/s1. The summed E-state index contributed by atoms with van der Waals surface area (Å²) in [4.78, 5) is 29.2. The van der Waals surface area contributed by atoms with Gasteiger partial charge in [-0.15, -0.1) is 0 Å². The quantitative estimate of drug-likeness (QED) is 0.870. The van der Waals surface area contributed by atoms with Crippen molar-refractivity contribution in [3.8, 4) is 0 Å². The molecule has 0 aromatic heterocycles. The summed E-state index contributed by atoms with van der Waals surface area (Å²) in [6, 6.07) is 15.1. The van der Waals surface area contributed by atoms with Gasteiger partial charge in [0.1, 0.15) is 0 Å². The predicted octanol–water partition coefficient (Wildman–Crippen LogP) is 3.93. The van der Waals surface area contributed by atoms with E-state index in [1.165, 1.54) is 12.8 Å². The first-order chi connectivity index (χ1) is 13.1. The van der Waals surface area contributed by atoms with Crippen molar-refractivity contribution in [2.75, 3.05) is 34.8 Å². The summed E-state index contributed by atoms with van der Waals surface area (Å²) in [6.45, 7) is 2.37. The number of nitrogens with zero attached hydrogens (tertiary/aromatic N) is 2. The molecule has 0 saturated carbocycles. The molecule has 1 atom stereocenters. The summed E-state index contributed by atoms with van der Waals surface area (Å²) in [5.74, 6) is -0.582. The van der Waals surface area contributed by atoms with Crippen LogP contribution in [0.1, 0.15) is 19.3 Å². The summed E-state index contributed by atoms with van der Waals surface area (Å²) in [5, 5.41) is 3.56. The SMILES string of the molecule is O=C(Nc1ccccc1N1CCCC1)[C@H]1CC(=O)N(c2ccccc2Cl)C1. The maximum absolute atomic E-state index is 12.8. The van der Waals surface area contributed by atoms with Gasteiger partial charge in [0.15, 0.2) is 0 Å². The van der Waals surface area contributed by atoms with Crippen LogP contribution in [-0.2, 0) is 9.59 Å². The van der Waals surface area contributed by atoms with Crippen LogP contribution in [0.4, 0.5) is 17.1 Å². The zero-order chi connectivity index (χ0) is 18.8. The van der Waals surface area contributed by atoms with Gasteiger partial charge in [0.2, 0.25) is 11.8 Å². The molecular weight excluding hydrogens is 362 g/mol. The zero-order valence-corrected chi connectivity index (χ0v) is 15.8. The molecule has 1 N–H and O–H groups in total. The van der Waals surface area contributed by atoms with Crippen molar-refractivity contribution in [2.45, 2.75) is 19.3 Å². The minimum absolute atomic E-state index is 0.0731. The number of rotatable bonds is 4. The number of para-hydroxylation sites is 3. The molecule has 2 amide bonds. The van der Waals surface area contributed by atoms with Gasteiger partial charge in [-0.3, -0.25) is 9.59 Å². The van der Waals surface area contributed by atoms with Crippen LogP contribution in [0, 0.1) is 5.92 Å². The van der Waals surface area contributed by atoms with Crippen LogP contribution in [0.15, 0.2) is 48.5 Å². The maximum atomic E-state index is 12.8. The van der Waals surface area contributed by atoms with E-state index in [0.29, 0.717) is 17.3 Å². The highest BCUT2D eigenvalue weighted by Gasteiger charge is 2.36. The van der Waals surface area contributed by atoms with Crippen molar-refractivity contribution in [2.24, 2.45) is 5.92 Å². The van der Waals surface area contributed by atoms with E-state index in [0.717, 1.165) is 24.5 Å². The summed E-state index contributed by atoms with van der Waals surface area (Å²) >= 11 is 6.22. The fourth-order valence-corrected chi connectivity index (χ4v) is 4.07. The lowest BCUT2D eigenvalue weighted by molar-refractivity contribution is -0.122. The molecule has 2 aromatic carbocycles. The average molecular weight is 384 g/mol. The fraction of sp³-hybridized carbons (Fsp3) is 0.333. The van der Waals surface area contributed by atoms with E-state index < -0.39 is 0 Å². The van der Waals surface area contributed by atoms with E-state index in [9.17, 15) is 9.59 Å². The van der Waals surface area contributed by atoms with Crippen molar-refractivity contribution in [3.05, 3.63) is 53.6 Å². The van der Waals surface area contributed by atoms with Gasteiger partial charge >= 0.3 is 0 Å². The van der Waals surface area contributed by atoms with Gasteiger partial charge in [-0.25, -0.2) is 0 Å². The predicted molar refractivity (Wildman–Crippen MR) is 108 cm³/mol. The second-order valence-electron chi connectivity index (χ2n) is 7.06. The lowest BCUT2D eigenvalue weighted by Gasteiger charge is -2.22. The molecule has 0 unspecified atom stereocenters. The van der Waals surface area contributed by atoms with Crippen LogP contribution in [0.3, 0.4) is 0 Å². The minimum Gasteiger partial charge on any atom is -0.370 e. The Morgan fingerprint density at radius 2 is 1.67 bits per heavy atom. The topological polar surface area (TPSA) is 52.7 Å². The molecule has 140 valence electrons. The highest BCUT2D eigenvalue weighted by Crippen LogP contribution is 2.33.